The molecule has 2 aromatic carbocycles. The van der Waals surface area contributed by atoms with Crippen LogP contribution in [0.5, 0.6) is 11.5 Å². The third-order valence-corrected chi connectivity index (χ3v) is 12.5. The molecule has 10 rings (SSSR count). The zero-order valence-corrected chi connectivity index (χ0v) is 23.9. The van der Waals surface area contributed by atoms with Crippen LogP contribution in [0.2, 0.25) is 0 Å². The van der Waals surface area contributed by atoms with Crippen molar-refractivity contribution in [2.45, 2.75) is 68.1 Å². The van der Waals surface area contributed by atoms with E-state index in [2.05, 4.69) is 59.5 Å². The molecule has 5 heteroatoms. The fraction of sp³-hybridized carbons (Fsp3) is 0.600. The highest BCUT2D eigenvalue weighted by Crippen LogP contribution is 2.83. The summed E-state index contributed by atoms with van der Waals surface area (Å²) >= 11 is 0. The number of methoxy groups -OCH3 is 2. The van der Waals surface area contributed by atoms with E-state index in [-0.39, 0.29) is 22.5 Å². The molecule has 0 amide bonds. The zero-order valence-electron chi connectivity index (χ0n) is 23.9. The van der Waals surface area contributed by atoms with Gasteiger partial charge in [-0.25, -0.2) is 0 Å². The number of hydrogen-bond donors (Lipinski definition) is 0. The lowest BCUT2D eigenvalue weighted by atomic mass is 9.41. The minimum atomic E-state index is -0.337. The second-order valence-electron chi connectivity index (χ2n) is 14.2. The summed E-state index contributed by atoms with van der Waals surface area (Å²) in [5.74, 6) is 3.15. The second-order valence-corrected chi connectivity index (χ2v) is 14.2. The van der Waals surface area contributed by atoms with Crippen molar-refractivity contribution in [3.8, 4) is 11.5 Å². The van der Waals surface area contributed by atoms with Crippen LogP contribution in [-0.2, 0) is 21.3 Å². The van der Waals surface area contributed by atoms with Crippen molar-refractivity contribution in [3.05, 3.63) is 65.2 Å². The van der Waals surface area contributed by atoms with Crippen LogP contribution in [-0.4, -0.2) is 63.2 Å². The highest BCUT2D eigenvalue weighted by molar-refractivity contribution is 5.65. The van der Waals surface area contributed by atoms with Crippen molar-refractivity contribution in [1.29, 1.82) is 0 Å². The Bertz CT molecular complexity index is 1390. The lowest BCUT2D eigenvalue weighted by Gasteiger charge is -2.68. The molecule has 6 fully saturated rings. The normalized spacial score (nSPS) is 41.5. The SMILES string of the molecule is COc1ccc2c3c1OC1C4(OC)CCC5(CC4COCC=Cc4ccccc4)C4N(CC6CC6)CC4(C2)CC315. The molecular formula is C35H41NO4. The van der Waals surface area contributed by atoms with Crippen molar-refractivity contribution < 1.29 is 18.9 Å². The Kier molecular flexibility index (Phi) is 4.94. The molecule has 2 aliphatic heterocycles. The molecule has 0 aromatic heterocycles. The largest absolute Gasteiger partial charge is 0.493 e. The predicted octanol–water partition coefficient (Wildman–Crippen LogP) is 5.65. The topological polar surface area (TPSA) is 40.2 Å². The maximum Gasteiger partial charge on any atom is 0.165 e. The molecular weight excluding hydrogens is 498 g/mol. The van der Waals surface area contributed by atoms with E-state index in [9.17, 15) is 0 Å². The smallest absolute Gasteiger partial charge is 0.165 e. The Hall–Kier alpha value is -2.34. The molecule has 40 heavy (non-hydrogen) atoms. The van der Waals surface area contributed by atoms with E-state index in [0.29, 0.717) is 30.6 Å². The zero-order chi connectivity index (χ0) is 26.7. The Morgan fingerprint density at radius 1 is 1.07 bits per heavy atom. The quantitative estimate of drug-likeness (QED) is 0.385. The Balaban J connectivity index is 1.10. The minimum absolute atomic E-state index is 0.0192. The molecule has 210 valence electrons. The second kappa shape index (κ2) is 8.14. The van der Waals surface area contributed by atoms with Gasteiger partial charge in [0.2, 0.25) is 0 Å². The molecule has 2 aromatic rings. The van der Waals surface area contributed by atoms with Crippen LogP contribution < -0.4 is 9.47 Å². The standard InChI is InChI=1S/C35H41NO4/c1-37-27-13-12-25-17-32-21-34-28(25)29(27)40-31(34)35(38-2)15-14-33(34,30(32)36(22-32)19-24-10-11-24)18-26(35)20-39-16-6-9-23-7-4-3-5-8-23/h3-9,12-13,24,26,30-31H,10-11,14-22H2,1-2H3. The lowest BCUT2D eigenvalue weighted by Crippen LogP contribution is -2.76. The van der Waals surface area contributed by atoms with E-state index < -0.39 is 0 Å². The van der Waals surface area contributed by atoms with Crippen LogP contribution in [0.1, 0.15) is 55.2 Å². The monoisotopic (exact) mass is 539 g/mol. The molecule has 0 N–H and O–H groups in total. The predicted molar refractivity (Wildman–Crippen MR) is 154 cm³/mol. The third kappa shape index (κ3) is 2.80. The van der Waals surface area contributed by atoms with Gasteiger partial charge in [0.1, 0.15) is 11.7 Å². The van der Waals surface area contributed by atoms with Crippen molar-refractivity contribution in [3.63, 3.8) is 0 Å². The van der Waals surface area contributed by atoms with Gasteiger partial charge >= 0.3 is 0 Å². The van der Waals surface area contributed by atoms with Gasteiger partial charge in [0, 0.05) is 54.0 Å². The number of fused-ring (bicyclic) bond motifs is 2. The fourth-order valence-electron chi connectivity index (χ4n) is 11.3. The molecule has 7 atom stereocenters. The molecule has 2 heterocycles. The van der Waals surface area contributed by atoms with E-state index >= 15 is 0 Å². The van der Waals surface area contributed by atoms with Crippen molar-refractivity contribution in [2.24, 2.45) is 22.7 Å². The maximum atomic E-state index is 7.20. The van der Waals surface area contributed by atoms with E-state index in [0.717, 1.165) is 23.8 Å². The number of ether oxygens (including phenoxy) is 4. The van der Waals surface area contributed by atoms with Crippen LogP contribution in [0.3, 0.4) is 0 Å². The maximum absolute atomic E-state index is 7.20. The van der Waals surface area contributed by atoms with Crippen molar-refractivity contribution in [2.75, 3.05) is 40.5 Å². The van der Waals surface area contributed by atoms with E-state index in [1.165, 1.54) is 68.3 Å². The fourth-order valence-corrected chi connectivity index (χ4v) is 11.3. The molecule has 6 aliphatic carbocycles. The van der Waals surface area contributed by atoms with Gasteiger partial charge < -0.3 is 18.9 Å². The Labute approximate surface area is 237 Å². The minimum Gasteiger partial charge on any atom is -0.493 e. The first-order valence-corrected chi connectivity index (χ1v) is 15.5. The molecule has 7 unspecified atom stereocenters. The summed E-state index contributed by atoms with van der Waals surface area (Å²) in [5.41, 5.74) is 4.49. The molecule has 8 aliphatic rings. The van der Waals surface area contributed by atoms with Crippen LogP contribution in [0.25, 0.3) is 6.08 Å². The summed E-state index contributed by atoms with van der Waals surface area (Å²) in [7, 11) is 3.72. The number of benzene rings is 2. The van der Waals surface area contributed by atoms with Crippen LogP contribution in [0.4, 0.5) is 0 Å². The Morgan fingerprint density at radius 2 is 1.95 bits per heavy atom. The molecule has 3 spiro atoms. The summed E-state index contributed by atoms with van der Waals surface area (Å²) in [5, 5.41) is 0. The summed E-state index contributed by atoms with van der Waals surface area (Å²) in [6.07, 6.45) is 13.1. The van der Waals surface area contributed by atoms with Crippen LogP contribution >= 0.6 is 0 Å². The third-order valence-electron chi connectivity index (χ3n) is 12.5. The average molecular weight is 540 g/mol. The average Bonchev–Trinajstić information content (AvgIpc) is 3.68. The van der Waals surface area contributed by atoms with Gasteiger partial charge in [0.25, 0.3) is 0 Å². The van der Waals surface area contributed by atoms with E-state index in [1.54, 1.807) is 7.11 Å². The number of nitrogens with zero attached hydrogens (tertiary/aromatic N) is 1. The molecule has 5 nitrogen and oxygen atoms in total. The molecule has 1 saturated heterocycles. The first-order valence-electron chi connectivity index (χ1n) is 15.5. The van der Waals surface area contributed by atoms with E-state index in [1.807, 2.05) is 7.11 Å². The Morgan fingerprint density at radius 3 is 2.75 bits per heavy atom. The van der Waals surface area contributed by atoms with Crippen molar-refractivity contribution in [1.82, 2.24) is 4.90 Å². The van der Waals surface area contributed by atoms with Crippen LogP contribution in [0, 0.1) is 22.7 Å². The summed E-state index contributed by atoms with van der Waals surface area (Å²) in [6, 6.07) is 15.6. The van der Waals surface area contributed by atoms with Gasteiger partial charge in [-0.3, -0.25) is 4.90 Å². The highest BCUT2D eigenvalue weighted by atomic mass is 16.6. The van der Waals surface area contributed by atoms with Gasteiger partial charge in [-0.2, -0.15) is 0 Å². The molecule has 4 bridgehead atoms. The van der Waals surface area contributed by atoms with Gasteiger partial charge in [0.15, 0.2) is 11.5 Å². The van der Waals surface area contributed by atoms with Gasteiger partial charge in [-0.1, -0.05) is 48.6 Å². The number of likely N-dealkylation sites (tertiary alicyclic amines) is 1. The summed E-state index contributed by atoms with van der Waals surface area (Å²) in [4.78, 5) is 2.93. The first-order chi connectivity index (χ1) is 19.6. The molecule has 0 radical (unpaired) electrons. The molecule has 5 saturated carbocycles. The first kappa shape index (κ1) is 24.3. The van der Waals surface area contributed by atoms with E-state index in [4.69, 9.17) is 18.9 Å². The number of hydrogen-bond acceptors (Lipinski definition) is 5. The van der Waals surface area contributed by atoms with Gasteiger partial charge in [-0.15, -0.1) is 0 Å². The van der Waals surface area contributed by atoms with Crippen LogP contribution in [0.15, 0.2) is 48.5 Å². The van der Waals surface area contributed by atoms with Crippen molar-refractivity contribution >= 4 is 6.08 Å². The number of rotatable bonds is 9. The lowest BCUT2D eigenvalue weighted by molar-refractivity contribution is -0.259. The summed E-state index contributed by atoms with van der Waals surface area (Å²) in [6.45, 7) is 3.89. The van der Waals surface area contributed by atoms with Gasteiger partial charge in [0.05, 0.1) is 20.3 Å². The highest BCUT2D eigenvalue weighted by Gasteiger charge is 2.87. The summed E-state index contributed by atoms with van der Waals surface area (Å²) < 4.78 is 26.3. The van der Waals surface area contributed by atoms with Gasteiger partial charge in [-0.05, 0) is 68.1 Å².